The van der Waals surface area contributed by atoms with Crippen molar-refractivity contribution in [2.45, 2.75) is 45.6 Å². The van der Waals surface area contributed by atoms with E-state index in [0.717, 1.165) is 29.7 Å². The average Bonchev–Trinajstić information content (AvgIpc) is 2.79. The van der Waals surface area contributed by atoms with Gasteiger partial charge in [-0.15, -0.1) is 11.3 Å². The molecule has 2 atom stereocenters. The first-order valence-corrected chi connectivity index (χ1v) is 8.06. The summed E-state index contributed by atoms with van der Waals surface area (Å²) in [5.74, 6) is -0.613. The first kappa shape index (κ1) is 14.3. The summed E-state index contributed by atoms with van der Waals surface area (Å²) < 4.78 is 1.21. The van der Waals surface area contributed by atoms with Gasteiger partial charge in [0.1, 0.15) is 4.83 Å². The zero-order valence-electron chi connectivity index (χ0n) is 12.1. The summed E-state index contributed by atoms with van der Waals surface area (Å²) in [6, 6.07) is -0.951. The summed E-state index contributed by atoms with van der Waals surface area (Å²) in [7, 11) is 0. The monoisotopic (exact) mass is 305 g/mol. The quantitative estimate of drug-likeness (QED) is 0.856. The second kappa shape index (κ2) is 5.26. The number of carbonyl (C=O) groups is 1. The topological polar surface area (TPSA) is 75.0 Å². The molecule has 0 fully saturated rings. The fraction of sp³-hybridized carbons (Fsp3) is 0.533. The number of carboxylic acids is 1. The van der Waals surface area contributed by atoms with Crippen LogP contribution in [0.4, 0.5) is 0 Å². The molecule has 21 heavy (non-hydrogen) atoms. The highest BCUT2D eigenvalue weighted by atomic mass is 32.1. The first-order chi connectivity index (χ1) is 10.0. The number of hydrogen-bond acceptors (Lipinski definition) is 5. The van der Waals surface area contributed by atoms with Crippen LogP contribution in [0.5, 0.6) is 0 Å². The van der Waals surface area contributed by atoms with Gasteiger partial charge in [-0.3, -0.25) is 9.36 Å². The molecule has 0 N–H and O–H groups in total. The van der Waals surface area contributed by atoms with E-state index in [1.165, 1.54) is 15.8 Å². The molecule has 0 aromatic carbocycles. The summed E-state index contributed by atoms with van der Waals surface area (Å²) in [5, 5.41) is 11.8. The molecule has 0 radical (unpaired) electrons. The summed E-state index contributed by atoms with van der Waals surface area (Å²) in [5.41, 5.74) is 0.830. The second-order valence-electron chi connectivity index (χ2n) is 5.73. The van der Waals surface area contributed by atoms with Crippen LogP contribution in [0, 0.1) is 5.92 Å². The third-order valence-electron chi connectivity index (χ3n) is 4.24. The number of fused-ring (bicyclic) bond motifs is 3. The van der Waals surface area contributed by atoms with Crippen LogP contribution in [-0.2, 0) is 17.6 Å². The maximum absolute atomic E-state index is 12.7. The normalized spacial score (nSPS) is 19.4. The van der Waals surface area contributed by atoms with Crippen LogP contribution in [0.1, 0.15) is 43.2 Å². The molecule has 2 unspecified atom stereocenters. The molecule has 2 aromatic heterocycles. The lowest BCUT2D eigenvalue weighted by Crippen LogP contribution is -2.38. The SMILES string of the molecule is CCC(C(=O)[O-])n1cnc2sc3c(c2c1=O)CCC(C)C3. The summed E-state index contributed by atoms with van der Waals surface area (Å²) >= 11 is 1.57. The lowest BCUT2D eigenvalue weighted by molar-refractivity contribution is -0.310. The van der Waals surface area contributed by atoms with Crippen molar-refractivity contribution >= 4 is 27.5 Å². The molecule has 6 heteroatoms. The van der Waals surface area contributed by atoms with Crippen LogP contribution in [0.2, 0.25) is 0 Å². The van der Waals surface area contributed by atoms with Gasteiger partial charge in [-0.1, -0.05) is 13.8 Å². The lowest BCUT2D eigenvalue weighted by atomic mass is 9.89. The molecule has 2 heterocycles. The summed E-state index contributed by atoms with van der Waals surface area (Å²) in [6.45, 7) is 3.93. The Kier molecular flexibility index (Phi) is 3.57. The number of carboxylic acid groups (broad SMARTS) is 1. The van der Waals surface area contributed by atoms with E-state index in [2.05, 4.69) is 11.9 Å². The van der Waals surface area contributed by atoms with E-state index in [1.807, 2.05) is 0 Å². The van der Waals surface area contributed by atoms with Gasteiger partial charge in [-0.05, 0) is 37.2 Å². The van der Waals surface area contributed by atoms with Gasteiger partial charge in [0.25, 0.3) is 5.56 Å². The highest BCUT2D eigenvalue weighted by Crippen LogP contribution is 2.35. The van der Waals surface area contributed by atoms with Crippen molar-refractivity contribution in [1.82, 2.24) is 9.55 Å². The molecule has 5 nitrogen and oxygen atoms in total. The maximum atomic E-state index is 12.7. The van der Waals surface area contributed by atoms with E-state index in [-0.39, 0.29) is 5.56 Å². The Morgan fingerprint density at radius 3 is 3.05 bits per heavy atom. The number of thiophene rings is 1. The third-order valence-corrected chi connectivity index (χ3v) is 5.40. The van der Waals surface area contributed by atoms with Gasteiger partial charge in [0.15, 0.2) is 0 Å². The van der Waals surface area contributed by atoms with E-state index in [9.17, 15) is 14.7 Å². The molecule has 1 aliphatic carbocycles. The van der Waals surface area contributed by atoms with Crippen LogP contribution < -0.4 is 10.7 Å². The smallest absolute Gasteiger partial charge is 0.262 e. The predicted octanol–water partition coefficient (Wildman–Crippen LogP) is 1.28. The van der Waals surface area contributed by atoms with E-state index < -0.39 is 12.0 Å². The van der Waals surface area contributed by atoms with Gasteiger partial charge in [0.05, 0.1) is 23.7 Å². The van der Waals surface area contributed by atoms with Crippen molar-refractivity contribution in [3.05, 3.63) is 27.1 Å². The predicted molar refractivity (Wildman–Crippen MR) is 79.4 cm³/mol. The number of rotatable bonds is 3. The standard InChI is InChI=1S/C15H18N2O3S/c1-3-10(15(19)20)17-7-16-13-12(14(17)18)9-5-4-8(2)6-11(9)21-13/h7-8,10H,3-6H2,1-2H3,(H,19,20)/p-1. The van der Waals surface area contributed by atoms with Crippen LogP contribution in [0.3, 0.4) is 0 Å². The van der Waals surface area contributed by atoms with Crippen molar-refractivity contribution in [2.75, 3.05) is 0 Å². The van der Waals surface area contributed by atoms with Crippen LogP contribution in [-0.4, -0.2) is 15.5 Å². The fourth-order valence-electron chi connectivity index (χ4n) is 3.04. The minimum Gasteiger partial charge on any atom is -0.548 e. The molecule has 0 saturated heterocycles. The molecule has 0 spiro atoms. The highest BCUT2D eigenvalue weighted by Gasteiger charge is 2.24. The van der Waals surface area contributed by atoms with Crippen molar-refractivity contribution < 1.29 is 9.90 Å². The van der Waals surface area contributed by atoms with E-state index in [1.54, 1.807) is 18.3 Å². The highest BCUT2D eigenvalue weighted by molar-refractivity contribution is 7.18. The first-order valence-electron chi connectivity index (χ1n) is 7.25. The van der Waals surface area contributed by atoms with Gasteiger partial charge < -0.3 is 9.90 Å². The van der Waals surface area contributed by atoms with Crippen molar-refractivity contribution in [2.24, 2.45) is 5.92 Å². The molecule has 3 rings (SSSR count). The molecule has 1 aliphatic rings. The molecular weight excluding hydrogens is 288 g/mol. The molecule has 0 amide bonds. The second-order valence-corrected chi connectivity index (χ2v) is 6.82. The third kappa shape index (κ3) is 2.27. The Balaban J connectivity index is 2.21. The molecule has 0 bridgehead atoms. The largest absolute Gasteiger partial charge is 0.548 e. The van der Waals surface area contributed by atoms with Crippen LogP contribution in [0.15, 0.2) is 11.1 Å². The number of aliphatic carboxylic acids is 1. The van der Waals surface area contributed by atoms with Crippen LogP contribution in [0.25, 0.3) is 10.2 Å². The fourth-order valence-corrected chi connectivity index (χ4v) is 4.38. The minimum atomic E-state index is -1.24. The van der Waals surface area contributed by atoms with Gasteiger partial charge in [-0.2, -0.15) is 0 Å². The minimum absolute atomic E-state index is 0.247. The van der Waals surface area contributed by atoms with Crippen molar-refractivity contribution in [3.63, 3.8) is 0 Å². The number of aryl methyl sites for hydroxylation is 1. The Hall–Kier alpha value is -1.69. The van der Waals surface area contributed by atoms with E-state index in [4.69, 9.17) is 0 Å². The zero-order chi connectivity index (χ0) is 15.1. The Morgan fingerprint density at radius 2 is 2.38 bits per heavy atom. The maximum Gasteiger partial charge on any atom is 0.262 e. The number of nitrogens with zero attached hydrogens (tertiary/aromatic N) is 2. The van der Waals surface area contributed by atoms with Crippen LogP contribution >= 0.6 is 11.3 Å². The number of carbonyl (C=O) groups excluding carboxylic acids is 1. The van der Waals surface area contributed by atoms with Gasteiger partial charge >= 0.3 is 0 Å². The number of hydrogen-bond donors (Lipinski definition) is 0. The molecule has 2 aromatic rings. The van der Waals surface area contributed by atoms with Crippen molar-refractivity contribution in [1.29, 1.82) is 0 Å². The Bertz CT molecular complexity index is 762. The Morgan fingerprint density at radius 1 is 1.62 bits per heavy atom. The van der Waals surface area contributed by atoms with E-state index >= 15 is 0 Å². The lowest BCUT2D eigenvalue weighted by Gasteiger charge is -2.19. The molecular formula is C15H17N2O3S-. The summed E-state index contributed by atoms with van der Waals surface area (Å²) in [4.78, 5) is 30.1. The number of aromatic nitrogens is 2. The average molecular weight is 305 g/mol. The summed E-state index contributed by atoms with van der Waals surface area (Å²) in [6.07, 6.45) is 4.57. The van der Waals surface area contributed by atoms with Gasteiger partial charge in [0, 0.05) is 4.88 Å². The Labute approximate surface area is 126 Å². The van der Waals surface area contributed by atoms with Gasteiger partial charge in [0.2, 0.25) is 0 Å². The molecule has 0 saturated carbocycles. The van der Waals surface area contributed by atoms with Crippen molar-refractivity contribution in [3.8, 4) is 0 Å². The molecule has 0 aliphatic heterocycles. The van der Waals surface area contributed by atoms with E-state index in [0.29, 0.717) is 17.7 Å². The zero-order valence-corrected chi connectivity index (χ0v) is 12.9. The van der Waals surface area contributed by atoms with Gasteiger partial charge in [-0.25, -0.2) is 4.98 Å². The molecule has 112 valence electrons.